The van der Waals surface area contributed by atoms with E-state index in [-0.39, 0.29) is 13.2 Å². The van der Waals surface area contributed by atoms with Crippen LogP contribution in [0.3, 0.4) is 0 Å². The molecule has 10 heteroatoms. The molecule has 1 aliphatic rings. The second-order valence-corrected chi connectivity index (χ2v) is 6.02. The second kappa shape index (κ2) is 7.52. The summed E-state index contributed by atoms with van der Waals surface area (Å²) in [5.41, 5.74) is 1.46. The summed E-state index contributed by atoms with van der Waals surface area (Å²) in [5.74, 6) is -0.0891. The number of hydrogen-bond acceptors (Lipinski definition) is 6. The van der Waals surface area contributed by atoms with Crippen LogP contribution in [-0.4, -0.2) is 44.9 Å². The third-order valence-electron chi connectivity index (χ3n) is 3.72. The largest absolute Gasteiger partial charge is 0.463 e. The van der Waals surface area contributed by atoms with E-state index in [1.54, 1.807) is 38.1 Å². The lowest BCUT2D eigenvalue weighted by Crippen LogP contribution is -2.50. The second-order valence-electron chi connectivity index (χ2n) is 5.58. The van der Waals surface area contributed by atoms with Gasteiger partial charge in [0.05, 0.1) is 23.9 Å². The Morgan fingerprint density at radius 2 is 2.08 bits per heavy atom. The van der Waals surface area contributed by atoms with Crippen molar-refractivity contribution in [1.29, 1.82) is 0 Å². The highest BCUT2D eigenvalue weighted by molar-refractivity contribution is 6.30. The van der Waals surface area contributed by atoms with Crippen molar-refractivity contribution in [1.82, 2.24) is 30.8 Å². The molecule has 0 radical (unpaired) electrons. The molecular weight excluding hydrogens is 360 g/mol. The topological polar surface area (TPSA) is 111 Å². The number of rotatable bonds is 5. The van der Waals surface area contributed by atoms with Crippen molar-refractivity contribution in [2.45, 2.75) is 26.4 Å². The van der Waals surface area contributed by atoms with Crippen LogP contribution in [0.25, 0.3) is 11.4 Å². The average Bonchev–Trinajstić information content (AvgIpc) is 3.03. The van der Waals surface area contributed by atoms with Crippen LogP contribution in [-0.2, 0) is 16.1 Å². The quantitative estimate of drug-likeness (QED) is 0.765. The summed E-state index contributed by atoms with van der Waals surface area (Å²) in [6, 6.07) is 6.13. The number of benzene rings is 1. The molecule has 1 unspecified atom stereocenters. The summed E-state index contributed by atoms with van der Waals surface area (Å²) in [7, 11) is 0. The molecule has 3 rings (SSSR count). The van der Waals surface area contributed by atoms with Crippen LogP contribution in [0.15, 0.2) is 35.5 Å². The fraction of sp³-hybridized carbons (Fsp3) is 0.312. The lowest BCUT2D eigenvalue weighted by atomic mass is 10.0. The van der Waals surface area contributed by atoms with Crippen LogP contribution in [0.5, 0.6) is 0 Å². The van der Waals surface area contributed by atoms with Crippen molar-refractivity contribution in [2.24, 2.45) is 0 Å². The molecule has 0 fully saturated rings. The van der Waals surface area contributed by atoms with Gasteiger partial charge in [-0.15, -0.1) is 10.2 Å². The van der Waals surface area contributed by atoms with Gasteiger partial charge >= 0.3 is 12.0 Å². The molecule has 26 heavy (non-hydrogen) atoms. The fourth-order valence-corrected chi connectivity index (χ4v) is 2.70. The van der Waals surface area contributed by atoms with E-state index < -0.39 is 18.0 Å². The number of nitrogens with one attached hydrogen (secondary N) is 2. The Kier molecular flexibility index (Phi) is 5.17. The Labute approximate surface area is 154 Å². The van der Waals surface area contributed by atoms with Gasteiger partial charge in [-0.2, -0.15) is 4.80 Å². The zero-order chi connectivity index (χ0) is 18.7. The van der Waals surface area contributed by atoms with Crippen molar-refractivity contribution in [3.8, 4) is 11.4 Å². The molecule has 1 atom stereocenters. The van der Waals surface area contributed by atoms with Crippen LogP contribution < -0.4 is 10.6 Å². The number of aromatic nitrogens is 4. The highest BCUT2D eigenvalue weighted by Gasteiger charge is 2.30. The summed E-state index contributed by atoms with van der Waals surface area (Å²) in [4.78, 5) is 25.3. The number of esters is 1. The van der Waals surface area contributed by atoms with Gasteiger partial charge in [0.25, 0.3) is 0 Å². The number of halogens is 1. The van der Waals surface area contributed by atoms with Gasteiger partial charge in [0.1, 0.15) is 6.54 Å². The van der Waals surface area contributed by atoms with E-state index in [0.29, 0.717) is 22.1 Å². The molecule has 1 aromatic carbocycles. The standard InChI is InChI=1S/C16H17ClN6O3/c1-3-26-15(24)13-9(2)18-16(25)19-12(13)8-23-21-14(20-22-23)10-4-6-11(17)7-5-10/h4-7,9H,3,8H2,1-2H3,(H2,18,19,25). The van der Waals surface area contributed by atoms with Gasteiger partial charge in [0.2, 0.25) is 5.82 Å². The average molecular weight is 377 g/mol. The SMILES string of the molecule is CCOC(=O)C1=C(Cn2nnc(-c3ccc(Cl)cc3)n2)NC(=O)NC1C. The molecule has 0 bridgehead atoms. The molecule has 0 saturated carbocycles. The van der Waals surface area contributed by atoms with E-state index >= 15 is 0 Å². The number of hydrogen-bond donors (Lipinski definition) is 2. The van der Waals surface area contributed by atoms with E-state index in [9.17, 15) is 9.59 Å². The predicted molar refractivity (Wildman–Crippen MR) is 93.1 cm³/mol. The lowest BCUT2D eigenvalue weighted by Gasteiger charge is -2.26. The maximum atomic E-state index is 12.2. The van der Waals surface area contributed by atoms with Crippen molar-refractivity contribution in [2.75, 3.05) is 6.61 Å². The smallest absolute Gasteiger partial charge is 0.337 e. The van der Waals surface area contributed by atoms with Gasteiger partial charge in [-0.1, -0.05) is 11.6 Å². The minimum absolute atomic E-state index is 0.0759. The number of urea groups is 1. The molecule has 0 spiro atoms. The van der Waals surface area contributed by atoms with E-state index in [0.717, 1.165) is 5.56 Å². The molecule has 0 saturated heterocycles. The van der Waals surface area contributed by atoms with Gasteiger partial charge in [-0.3, -0.25) is 0 Å². The third kappa shape index (κ3) is 3.83. The van der Waals surface area contributed by atoms with Crippen LogP contribution in [0, 0.1) is 0 Å². The van der Waals surface area contributed by atoms with Crippen molar-refractivity contribution < 1.29 is 14.3 Å². The monoisotopic (exact) mass is 376 g/mol. The maximum absolute atomic E-state index is 12.2. The Balaban J connectivity index is 1.87. The van der Waals surface area contributed by atoms with E-state index in [1.165, 1.54) is 4.80 Å². The van der Waals surface area contributed by atoms with Crippen LogP contribution in [0.1, 0.15) is 13.8 Å². The Bertz CT molecular complexity index is 861. The van der Waals surface area contributed by atoms with E-state index in [2.05, 4.69) is 26.0 Å². The molecule has 0 aliphatic carbocycles. The van der Waals surface area contributed by atoms with E-state index in [1.807, 2.05) is 0 Å². The zero-order valence-electron chi connectivity index (χ0n) is 14.2. The number of tetrazole rings is 1. The molecule has 1 aliphatic heterocycles. The molecular formula is C16H17ClN6O3. The van der Waals surface area contributed by atoms with Gasteiger partial charge in [-0.05, 0) is 43.3 Å². The number of allylic oxidation sites excluding steroid dienone is 1. The molecule has 2 N–H and O–H groups in total. The number of carbonyl (C=O) groups is 2. The first-order valence-corrected chi connectivity index (χ1v) is 8.37. The first-order chi connectivity index (χ1) is 12.5. The van der Waals surface area contributed by atoms with Crippen LogP contribution in [0.2, 0.25) is 5.02 Å². The lowest BCUT2D eigenvalue weighted by molar-refractivity contribution is -0.139. The Hall–Kier alpha value is -2.94. The molecule has 2 aromatic rings. The van der Waals surface area contributed by atoms with Gasteiger partial charge in [0, 0.05) is 10.6 Å². The minimum atomic E-state index is -0.499. The molecule has 2 heterocycles. The van der Waals surface area contributed by atoms with Gasteiger partial charge < -0.3 is 15.4 Å². The highest BCUT2D eigenvalue weighted by atomic mass is 35.5. The number of carbonyl (C=O) groups excluding carboxylic acids is 2. The van der Waals surface area contributed by atoms with Crippen LogP contribution >= 0.6 is 11.6 Å². The van der Waals surface area contributed by atoms with Crippen molar-refractivity contribution >= 4 is 23.6 Å². The summed E-state index contributed by atoms with van der Waals surface area (Å²) in [6.07, 6.45) is 0. The fourth-order valence-electron chi connectivity index (χ4n) is 2.57. The van der Waals surface area contributed by atoms with Gasteiger partial charge in [-0.25, -0.2) is 9.59 Å². The van der Waals surface area contributed by atoms with Crippen LogP contribution in [0.4, 0.5) is 4.79 Å². The van der Waals surface area contributed by atoms with Crippen molar-refractivity contribution in [3.05, 3.63) is 40.6 Å². The normalized spacial score (nSPS) is 16.9. The molecule has 1 aromatic heterocycles. The molecule has 9 nitrogen and oxygen atoms in total. The minimum Gasteiger partial charge on any atom is -0.463 e. The van der Waals surface area contributed by atoms with Crippen molar-refractivity contribution in [3.63, 3.8) is 0 Å². The molecule has 136 valence electrons. The molecule has 2 amide bonds. The van der Waals surface area contributed by atoms with E-state index in [4.69, 9.17) is 16.3 Å². The summed E-state index contributed by atoms with van der Waals surface area (Å²) in [5, 5.41) is 18.1. The third-order valence-corrected chi connectivity index (χ3v) is 3.97. The highest BCUT2D eigenvalue weighted by Crippen LogP contribution is 2.18. The number of ether oxygens (including phenoxy) is 1. The first kappa shape index (κ1) is 17.9. The first-order valence-electron chi connectivity index (χ1n) is 7.99. The number of amides is 2. The summed E-state index contributed by atoms with van der Waals surface area (Å²) >= 11 is 5.87. The zero-order valence-corrected chi connectivity index (χ0v) is 14.9. The van der Waals surface area contributed by atoms with Gasteiger partial charge in [0.15, 0.2) is 0 Å². The maximum Gasteiger partial charge on any atom is 0.337 e. The summed E-state index contributed by atoms with van der Waals surface area (Å²) < 4.78 is 5.07. The Morgan fingerprint density at radius 3 is 2.77 bits per heavy atom. The predicted octanol–water partition coefficient (Wildman–Crippen LogP) is 1.51. The number of nitrogens with zero attached hydrogens (tertiary/aromatic N) is 4. The Morgan fingerprint density at radius 1 is 1.35 bits per heavy atom. The summed E-state index contributed by atoms with van der Waals surface area (Å²) in [6.45, 7) is 3.74.